The zero-order valence-corrected chi connectivity index (χ0v) is 26.3. The molecule has 0 aliphatic rings. The third-order valence-corrected chi connectivity index (χ3v) is 10.1. The lowest BCUT2D eigenvalue weighted by molar-refractivity contribution is 0.502. The van der Waals surface area contributed by atoms with Gasteiger partial charge in [-0.15, -0.1) is 0 Å². The molecule has 0 saturated carbocycles. The van der Waals surface area contributed by atoms with Crippen molar-refractivity contribution < 1.29 is 9.05 Å². The number of hydrogen-bond acceptors (Lipinski definition) is 2. The van der Waals surface area contributed by atoms with Gasteiger partial charge in [0.15, 0.2) is 0 Å². The van der Waals surface area contributed by atoms with E-state index in [1.165, 1.54) is 27.2 Å². The van der Waals surface area contributed by atoms with Crippen molar-refractivity contribution >= 4 is 57.3 Å². The summed E-state index contributed by atoms with van der Waals surface area (Å²) in [6, 6.07) is 61.1. The van der Waals surface area contributed by atoms with E-state index in [1.807, 2.05) is 60.7 Å². The molecule has 0 unspecified atom stereocenters. The van der Waals surface area contributed by atoms with Gasteiger partial charge in [0, 0.05) is 32.9 Å². The first-order valence-corrected chi connectivity index (χ1v) is 16.9. The number of nitrogens with zero attached hydrogens (tertiary/aromatic N) is 2. The van der Waals surface area contributed by atoms with Crippen LogP contribution in [0.15, 0.2) is 176 Å². The summed E-state index contributed by atoms with van der Waals surface area (Å²) < 4.78 is 17.8. The second-order valence-electron chi connectivity index (χ2n) is 11.5. The molecule has 0 bridgehead atoms. The molecule has 47 heavy (non-hydrogen) atoms. The first-order valence-electron chi connectivity index (χ1n) is 15.7. The van der Waals surface area contributed by atoms with Crippen molar-refractivity contribution in [3.63, 3.8) is 0 Å². The first kappa shape index (κ1) is 27.5. The Morgan fingerprint density at radius 2 is 0.766 bits per heavy atom. The summed E-state index contributed by atoms with van der Waals surface area (Å²) in [6.45, 7) is 0. The summed E-state index contributed by atoms with van der Waals surface area (Å²) in [6.07, 6.45) is 0. The average molecular weight is 625 g/mol. The van der Waals surface area contributed by atoms with Crippen LogP contribution < -0.4 is 14.4 Å². The van der Waals surface area contributed by atoms with Gasteiger partial charge < -0.3 is 18.2 Å². The highest BCUT2D eigenvalue weighted by atomic mass is 31.2. The van der Waals surface area contributed by atoms with Gasteiger partial charge in [-0.3, -0.25) is 0 Å². The Bertz CT molecular complexity index is 2440. The fraction of sp³-hybridized carbons (Fsp3) is 0. The average Bonchev–Trinajstić information content (AvgIpc) is 3.65. The van der Waals surface area contributed by atoms with Gasteiger partial charge in [0.1, 0.15) is 11.5 Å². The van der Waals surface area contributed by atoms with Crippen LogP contribution in [-0.4, -0.2) is 9.13 Å². The maximum Gasteiger partial charge on any atom is 0.326 e. The Morgan fingerprint density at radius 3 is 1.28 bits per heavy atom. The van der Waals surface area contributed by atoms with E-state index in [0.717, 1.165) is 44.6 Å². The Morgan fingerprint density at radius 1 is 0.340 bits per heavy atom. The van der Waals surface area contributed by atoms with E-state index >= 15 is 0 Å². The highest BCUT2D eigenvalue weighted by Crippen LogP contribution is 2.42. The Labute approximate surface area is 273 Å². The molecule has 0 spiro atoms. The molecule has 9 rings (SSSR count). The third kappa shape index (κ3) is 4.82. The Balaban J connectivity index is 1.20. The van der Waals surface area contributed by atoms with Gasteiger partial charge in [0.25, 0.3) is 0 Å². The molecule has 9 aromatic rings. The quantitative estimate of drug-likeness (QED) is 0.165. The van der Waals surface area contributed by atoms with Crippen LogP contribution in [-0.2, 0) is 0 Å². The summed E-state index contributed by atoms with van der Waals surface area (Å²) in [7, 11) is -1.46. The monoisotopic (exact) mass is 624 g/mol. The smallest absolute Gasteiger partial charge is 0.326 e. The van der Waals surface area contributed by atoms with E-state index in [-0.39, 0.29) is 0 Å². The minimum absolute atomic E-state index is 0.777. The predicted molar refractivity (Wildman–Crippen MR) is 196 cm³/mol. The summed E-state index contributed by atoms with van der Waals surface area (Å²) in [5, 5.41) is 5.85. The summed E-state index contributed by atoms with van der Waals surface area (Å²) in [4.78, 5) is 0. The minimum Gasteiger partial charge on any atom is -0.435 e. The van der Waals surface area contributed by atoms with Crippen molar-refractivity contribution in [1.29, 1.82) is 0 Å². The zero-order valence-electron chi connectivity index (χ0n) is 25.4. The number of hydrogen-bond donors (Lipinski definition) is 0. The molecule has 224 valence electrons. The molecule has 0 atom stereocenters. The Hall–Kier alpha value is -5.83. The van der Waals surface area contributed by atoms with Gasteiger partial charge in [-0.25, -0.2) is 0 Å². The van der Waals surface area contributed by atoms with Crippen LogP contribution in [0.2, 0.25) is 0 Å². The maximum atomic E-state index is 6.52. The molecular weight excluding hydrogens is 595 g/mol. The molecule has 7 aromatic carbocycles. The van der Waals surface area contributed by atoms with Gasteiger partial charge in [-0.2, -0.15) is 0 Å². The van der Waals surface area contributed by atoms with Gasteiger partial charge in [0.2, 0.25) is 0 Å². The van der Waals surface area contributed by atoms with E-state index in [9.17, 15) is 0 Å². The second-order valence-corrected chi connectivity index (χ2v) is 12.9. The molecule has 0 saturated heterocycles. The Kier molecular flexibility index (Phi) is 6.73. The van der Waals surface area contributed by atoms with Crippen molar-refractivity contribution in [2.45, 2.75) is 0 Å². The van der Waals surface area contributed by atoms with Crippen molar-refractivity contribution in [3.05, 3.63) is 176 Å². The normalized spacial score (nSPS) is 11.6. The molecule has 4 nitrogen and oxygen atoms in total. The molecule has 2 heterocycles. The fourth-order valence-electron chi connectivity index (χ4n) is 6.60. The maximum absolute atomic E-state index is 6.52. The van der Waals surface area contributed by atoms with Crippen LogP contribution in [0.5, 0.6) is 11.5 Å². The zero-order chi connectivity index (χ0) is 31.2. The van der Waals surface area contributed by atoms with E-state index in [0.29, 0.717) is 0 Å². The summed E-state index contributed by atoms with van der Waals surface area (Å²) in [5.41, 5.74) is 6.90. The van der Waals surface area contributed by atoms with Crippen molar-refractivity contribution in [2.75, 3.05) is 0 Å². The van der Waals surface area contributed by atoms with Crippen LogP contribution >= 0.6 is 8.38 Å². The molecule has 5 heteroatoms. The van der Waals surface area contributed by atoms with E-state index < -0.39 is 8.38 Å². The first-order chi connectivity index (χ1) is 23.3. The molecule has 0 aliphatic carbocycles. The van der Waals surface area contributed by atoms with E-state index in [1.54, 1.807) is 0 Å². The number of aromatic nitrogens is 2. The molecule has 0 N–H and O–H groups in total. The largest absolute Gasteiger partial charge is 0.435 e. The highest BCUT2D eigenvalue weighted by molar-refractivity contribution is 7.56. The van der Waals surface area contributed by atoms with E-state index in [2.05, 4.69) is 124 Å². The summed E-state index contributed by atoms with van der Waals surface area (Å²) >= 11 is 0. The SMILES string of the molecule is c1ccc(OP(Oc2ccccc2)c2ccc3c(c2)c2ccccc2n3-c2cccc(-n3c4ccccc4c4ccccc43)c2)cc1. The topological polar surface area (TPSA) is 28.3 Å². The summed E-state index contributed by atoms with van der Waals surface area (Å²) in [5.74, 6) is 1.55. The third-order valence-electron chi connectivity index (χ3n) is 8.66. The number of benzene rings is 7. The van der Waals surface area contributed by atoms with E-state index in [4.69, 9.17) is 9.05 Å². The number of para-hydroxylation sites is 5. The second kappa shape index (κ2) is 11.5. The molecule has 0 radical (unpaired) electrons. The standard InChI is InChI=1S/C42H29N2O2P/c1-3-16-32(17-4-1)45-47(46-33-18-5-2-6-19-33)34-26-27-42-38(29-34)37-22-9-12-25-41(37)44(42)31-15-13-14-30(28-31)43-39-23-10-7-20-35(39)36-21-8-11-24-40(36)43/h1-29H. The number of rotatable bonds is 7. The predicted octanol–water partition coefficient (Wildman–Crippen LogP) is 11.0. The lowest BCUT2D eigenvalue weighted by atomic mass is 10.1. The van der Waals surface area contributed by atoms with Gasteiger partial charge in [-0.05, 0) is 78.9 Å². The van der Waals surface area contributed by atoms with Crippen LogP contribution in [0.3, 0.4) is 0 Å². The van der Waals surface area contributed by atoms with Gasteiger partial charge in [0.05, 0.1) is 27.4 Å². The van der Waals surface area contributed by atoms with Crippen molar-refractivity contribution in [3.8, 4) is 22.9 Å². The molecule has 0 amide bonds. The molecule has 2 aromatic heterocycles. The lowest BCUT2D eigenvalue weighted by Gasteiger charge is -2.19. The van der Waals surface area contributed by atoms with Crippen molar-refractivity contribution in [1.82, 2.24) is 9.13 Å². The van der Waals surface area contributed by atoms with Crippen LogP contribution in [0, 0.1) is 0 Å². The minimum atomic E-state index is -1.46. The lowest BCUT2D eigenvalue weighted by Crippen LogP contribution is -2.10. The fourth-order valence-corrected chi connectivity index (χ4v) is 7.91. The van der Waals surface area contributed by atoms with Crippen LogP contribution in [0.25, 0.3) is 55.0 Å². The van der Waals surface area contributed by atoms with Gasteiger partial charge in [-0.1, -0.05) is 97.1 Å². The molecule has 0 fully saturated rings. The number of fused-ring (bicyclic) bond motifs is 6. The molecule has 0 aliphatic heterocycles. The van der Waals surface area contributed by atoms with Crippen molar-refractivity contribution in [2.24, 2.45) is 0 Å². The van der Waals surface area contributed by atoms with Crippen LogP contribution in [0.1, 0.15) is 0 Å². The highest BCUT2D eigenvalue weighted by Gasteiger charge is 2.22. The van der Waals surface area contributed by atoms with Crippen LogP contribution in [0.4, 0.5) is 0 Å². The molecular formula is C42H29N2O2P. The van der Waals surface area contributed by atoms with Gasteiger partial charge >= 0.3 is 8.38 Å².